The van der Waals surface area contributed by atoms with E-state index in [1.807, 2.05) is 0 Å². The summed E-state index contributed by atoms with van der Waals surface area (Å²) >= 11 is 3.47. The lowest BCUT2D eigenvalue weighted by Gasteiger charge is -2.18. The van der Waals surface area contributed by atoms with E-state index in [-0.39, 0.29) is 11.9 Å². The van der Waals surface area contributed by atoms with Crippen LogP contribution in [-0.4, -0.2) is 31.5 Å². The third-order valence-corrected chi connectivity index (χ3v) is 3.93. The molecule has 2 atom stereocenters. The van der Waals surface area contributed by atoms with E-state index < -0.39 is 6.10 Å². The summed E-state index contributed by atoms with van der Waals surface area (Å²) in [5, 5.41) is 12.9. The third kappa shape index (κ3) is 2.91. The standard InChI is InChI=1S/C13H17BrFNO2/c1-18-7-8(17)6-16-12-5-2-9-11(15)4-3-10(14)13(9)12/h3-4,8,12,16-17H,2,5-7H2,1H3/t8-,12+/m0/s1. The van der Waals surface area contributed by atoms with E-state index in [4.69, 9.17) is 4.74 Å². The van der Waals surface area contributed by atoms with Gasteiger partial charge in [-0.15, -0.1) is 0 Å². The van der Waals surface area contributed by atoms with Gasteiger partial charge in [-0.3, -0.25) is 0 Å². The normalized spacial score (nSPS) is 19.9. The SMILES string of the molecule is COC[C@@H](O)CN[C@@H]1CCc2c(F)ccc(Br)c21. The van der Waals surface area contributed by atoms with E-state index in [1.165, 1.54) is 6.07 Å². The quantitative estimate of drug-likeness (QED) is 0.874. The molecule has 0 spiro atoms. The maximum Gasteiger partial charge on any atom is 0.126 e. The molecule has 2 rings (SSSR count). The number of hydrogen-bond acceptors (Lipinski definition) is 3. The number of aliphatic hydroxyl groups excluding tert-OH is 1. The van der Waals surface area contributed by atoms with Gasteiger partial charge in [-0.2, -0.15) is 0 Å². The van der Waals surface area contributed by atoms with Crippen molar-refractivity contribution in [3.05, 3.63) is 33.5 Å². The molecular weight excluding hydrogens is 301 g/mol. The van der Waals surface area contributed by atoms with Gasteiger partial charge >= 0.3 is 0 Å². The Hall–Kier alpha value is -0.490. The molecule has 2 N–H and O–H groups in total. The van der Waals surface area contributed by atoms with Crippen LogP contribution in [0.1, 0.15) is 23.6 Å². The van der Waals surface area contributed by atoms with E-state index in [0.29, 0.717) is 13.2 Å². The second-order valence-electron chi connectivity index (χ2n) is 4.53. The summed E-state index contributed by atoms with van der Waals surface area (Å²) in [7, 11) is 1.56. The van der Waals surface area contributed by atoms with Crippen LogP contribution in [0, 0.1) is 5.82 Å². The summed E-state index contributed by atoms with van der Waals surface area (Å²) in [4.78, 5) is 0. The summed E-state index contributed by atoms with van der Waals surface area (Å²) in [6, 6.07) is 3.32. The fourth-order valence-corrected chi connectivity index (χ4v) is 3.05. The number of benzene rings is 1. The van der Waals surface area contributed by atoms with Crippen molar-refractivity contribution in [3.8, 4) is 0 Å². The Kier molecular flexibility index (Phi) is 4.72. The highest BCUT2D eigenvalue weighted by molar-refractivity contribution is 9.10. The fraction of sp³-hybridized carbons (Fsp3) is 0.538. The molecule has 3 nitrogen and oxygen atoms in total. The molecule has 0 amide bonds. The molecule has 1 aliphatic carbocycles. The van der Waals surface area contributed by atoms with E-state index in [0.717, 1.165) is 28.4 Å². The second kappa shape index (κ2) is 6.10. The first kappa shape index (κ1) is 13.9. The summed E-state index contributed by atoms with van der Waals surface area (Å²) in [5.41, 5.74) is 1.77. The number of ether oxygens (including phenoxy) is 1. The van der Waals surface area contributed by atoms with Gasteiger partial charge in [0.1, 0.15) is 5.82 Å². The molecule has 0 saturated heterocycles. The van der Waals surface area contributed by atoms with Gasteiger partial charge in [0.25, 0.3) is 0 Å². The molecule has 1 aromatic rings. The van der Waals surface area contributed by atoms with Crippen molar-refractivity contribution in [3.63, 3.8) is 0 Å². The highest BCUT2D eigenvalue weighted by atomic mass is 79.9. The van der Waals surface area contributed by atoms with Gasteiger partial charge in [0.2, 0.25) is 0 Å². The van der Waals surface area contributed by atoms with Crippen molar-refractivity contribution < 1.29 is 14.2 Å². The van der Waals surface area contributed by atoms with Crippen molar-refractivity contribution in [2.75, 3.05) is 20.3 Å². The molecule has 100 valence electrons. The van der Waals surface area contributed by atoms with Crippen LogP contribution < -0.4 is 5.32 Å². The maximum absolute atomic E-state index is 13.6. The van der Waals surface area contributed by atoms with Gasteiger partial charge in [-0.05, 0) is 36.1 Å². The van der Waals surface area contributed by atoms with Crippen LogP contribution in [0.25, 0.3) is 0 Å². The molecule has 0 saturated carbocycles. The topological polar surface area (TPSA) is 41.5 Å². The summed E-state index contributed by atoms with van der Waals surface area (Å²) in [6.07, 6.45) is 1.05. The molecule has 0 bridgehead atoms. The van der Waals surface area contributed by atoms with Crippen LogP contribution in [-0.2, 0) is 11.2 Å². The lowest BCUT2D eigenvalue weighted by molar-refractivity contribution is 0.0627. The first-order chi connectivity index (χ1) is 8.63. The van der Waals surface area contributed by atoms with Gasteiger partial charge < -0.3 is 15.2 Å². The number of halogens is 2. The highest BCUT2D eigenvalue weighted by Gasteiger charge is 2.27. The Balaban J connectivity index is 2.05. The van der Waals surface area contributed by atoms with Crippen LogP contribution in [0.3, 0.4) is 0 Å². The Morgan fingerprint density at radius 3 is 3.11 bits per heavy atom. The second-order valence-corrected chi connectivity index (χ2v) is 5.38. The molecule has 18 heavy (non-hydrogen) atoms. The van der Waals surface area contributed by atoms with Crippen LogP contribution in [0.15, 0.2) is 16.6 Å². The first-order valence-corrected chi connectivity index (χ1v) is 6.80. The average Bonchev–Trinajstić information content (AvgIpc) is 2.77. The largest absolute Gasteiger partial charge is 0.389 e. The van der Waals surface area contributed by atoms with E-state index in [1.54, 1.807) is 13.2 Å². The monoisotopic (exact) mass is 317 g/mol. The van der Waals surface area contributed by atoms with E-state index in [2.05, 4.69) is 21.2 Å². The molecule has 1 aliphatic rings. The van der Waals surface area contributed by atoms with E-state index >= 15 is 0 Å². The molecule has 1 aromatic carbocycles. The summed E-state index contributed by atoms with van der Waals surface area (Å²) in [6.45, 7) is 0.748. The lowest BCUT2D eigenvalue weighted by atomic mass is 10.1. The third-order valence-electron chi connectivity index (χ3n) is 3.24. The van der Waals surface area contributed by atoms with Crippen molar-refractivity contribution in [1.29, 1.82) is 0 Å². The highest BCUT2D eigenvalue weighted by Crippen LogP contribution is 2.37. The molecule has 0 aliphatic heterocycles. The van der Waals surface area contributed by atoms with Gasteiger partial charge in [-0.1, -0.05) is 15.9 Å². The molecule has 0 unspecified atom stereocenters. The average molecular weight is 318 g/mol. The van der Waals surface area contributed by atoms with Gasteiger partial charge in [0, 0.05) is 24.2 Å². The van der Waals surface area contributed by atoms with Crippen molar-refractivity contribution in [1.82, 2.24) is 5.32 Å². The minimum atomic E-state index is -0.536. The minimum absolute atomic E-state index is 0.0941. The van der Waals surface area contributed by atoms with Crippen molar-refractivity contribution >= 4 is 15.9 Å². The van der Waals surface area contributed by atoms with Gasteiger partial charge in [-0.25, -0.2) is 4.39 Å². The Morgan fingerprint density at radius 2 is 2.39 bits per heavy atom. The maximum atomic E-state index is 13.6. The van der Waals surface area contributed by atoms with Crippen LogP contribution in [0.2, 0.25) is 0 Å². The molecule has 0 fully saturated rings. The number of methoxy groups -OCH3 is 1. The Labute approximate surface area is 114 Å². The Bertz CT molecular complexity index is 428. The van der Waals surface area contributed by atoms with Gasteiger partial charge in [0.05, 0.1) is 12.7 Å². The van der Waals surface area contributed by atoms with Crippen molar-refractivity contribution in [2.45, 2.75) is 25.0 Å². The molecule has 0 heterocycles. The van der Waals surface area contributed by atoms with Crippen LogP contribution in [0.5, 0.6) is 0 Å². The number of fused-ring (bicyclic) bond motifs is 1. The van der Waals surface area contributed by atoms with Crippen molar-refractivity contribution in [2.24, 2.45) is 0 Å². The van der Waals surface area contributed by atoms with Crippen LogP contribution in [0.4, 0.5) is 4.39 Å². The summed E-state index contributed by atoms with van der Waals surface area (Å²) < 4.78 is 19.4. The smallest absolute Gasteiger partial charge is 0.126 e. The zero-order valence-electron chi connectivity index (χ0n) is 10.2. The zero-order chi connectivity index (χ0) is 13.1. The Morgan fingerprint density at radius 1 is 1.61 bits per heavy atom. The fourth-order valence-electron chi connectivity index (χ4n) is 2.41. The number of aliphatic hydroxyl groups is 1. The molecule has 5 heteroatoms. The number of nitrogens with one attached hydrogen (secondary N) is 1. The number of hydrogen-bond donors (Lipinski definition) is 2. The predicted octanol–water partition coefficient (Wildman–Crippen LogP) is 2.17. The predicted molar refractivity (Wildman–Crippen MR) is 71.0 cm³/mol. The number of rotatable bonds is 5. The molecular formula is C13H17BrFNO2. The first-order valence-electron chi connectivity index (χ1n) is 6.00. The molecule has 0 aromatic heterocycles. The summed E-state index contributed by atoms with van der Waals surface area (Å²) in [5.74, 6) is -0.144. The zero-order valence-corrected chi connectivity index (χ0v) is 11.8. The minimum Gasteiger partial charge on any atom is -0.389 e. The van der Waals surface area contributed by atoms with E-state index in [9.17, 15) is 9.50 Å². The lowest BCUT2D eigenvalue weighted by Crippen LogP contribution is -2.32. The molecule has 0 radical (unpaired) electrons. The van der Waals surface area contributed by atoms with Crippen LogP contribution >= 0.6 is 15.9 Å². The van der Waals surface area contributed by atoms with Gasteiger partial charge in [0.15, 0.2) is 0 Å².